The number of carbonyl (C=O) groups excluding carboxylic acids is 1. The smallest absolute Gasteiger partial charge is 0.393 e. The van der Waals surface area contributed by atoms with Crippen molar-refractivity contribution in [2.45, 2.75) is 104 Å². The molecule has 0 aromatic carbocycles. The van der Waals surface area contributed by atoms with Gasteiger partial charge in [-0.15, -0.1) is 0 Å². The summed E-state index contributed by atoms with van der Waals surface area (Å²) in [6.45, 7) is 8.65. The van der Waals surface area contributed by atoms with Gasteiger partial charge in [0, 0.05) is 18.5 Å². The highest BCUT2D eigenvalue weighted by Gasteiger charge is 2.59. The van der Waals surface area contributed by atoms with E-state index in [9.17, 15) is 9.90 Å². The lowest BCUT2D eigenvalue weighted by Crippen LogP contribution is -2.50. The minimum Gasteiger partial charge on any atom is -0.393 e. The lowest BCUT2D eigenvalue weighted by atomic mass is 9.47. The molecule has 1 aliphatic heterocycles. The van der Waals surface area contributed by atoms with Gasteiger partial charge in [-0.3, -0.25) is 4.84 Å². The predicted molar refractivity (Wildman–Crippen MR) is 134 cm³/mol. The van der Waals surface area contributed by atoms with Crippen LogP contribution in [0.25, 0.3) is 0 Å². The molecule has 8 atom stereocenters. The van der Waals surface area contributed by atoms with Crippen LogP contribution in [0.3, 0.4) is 0 Å². The van der Waals surface area contributed by atoms with Gasteiger partial charge in [0.15, 0.2) is 0 Å². The van der Waals surface area contributed by atoms with Gasteiger partial charge in [0.2, 0.25) is 0 Å². The van der Waals surface area contributed by atoms with Gasteiger partial charge in [0.05, 0.1) is 11.8 Å². The van der Waals surface area contributed by atoms with Gasteiger partial charge in [-0.05, 0) is 106 Å². The number of aliphatic hydroxyl groups excluding tert-OH is 1. The van der Waals surface area contributed by atoms with Gasteiger partial charge < -0.3 is 15.7 Å². The molecule has 0 aromatic rings. The highest BCUT2D eigenvalue weighted by atomic mass is 16.7. The van der Waals surface area contributed by atoms with Crippen molar-refractivity contribution in [1.29, 1.82) is 0 Å². The highest BCUT2D eigenvalue weighted by Crippen LogP contribution is 2.66. The Labute approximate surface area is 205 Å². The maximum atomic E-state index is 12.3. The summed E-state index contributed by atoms with van der Waals surface area (Å²) in [7, 11) is 0. The van der Waals surface area contributed by atoms with Gasteiger partial charge in [-0.1, -0.05) is 37.1 Å². The molecule has 1 amide bonds. The molecular formula is C28H45N3O3. The van der Waals surface area contributed by atoms with E-state index in [1.807, 2.05) is 0 Å². The van der Waals surface area contributed by atoms with E-state index in [1.165, 1.54) is 44.1 Å². The molecule has 0 bridgehead atoms. The second-order valence-corrected chi connectivity index (χ2v) is 12.5. The number of nitrogens with one attached hydrogen (secondary N) is 2. The first-order chi connectivity index (χ1) is 16.3. The molecule has 1 heterocycles. The molecule has 5 aliphatic rings. The van der Waals surface area contributed by atoms with E-state index < -0.39 is 6.09 Å². The topological polar surface area (TPSA) is 83.0 Å². The van der Waals surface area contributed by atoms with Crippen molar-refractivity contribution < 1.29 is 14.7 Å². The number of amides is 1. The summed E-state index contributed by atoms with van der Waals surface area (Å²) in [4.78, 5) is 17.6. The van der Waals surface area contributed by atoms with E-state index in [1.54, 1.807) is 0 Å². The summed E-state index contributed by atoms with van der Waals surface area (Å²) in [6, 6.07) is 0.343. The Bertz CT molecular complexity index is 835. The first kappa shape index (κ1) is 24.3. The predicted octanol–water partition coefficient (Wildman–Crippen LogP) is 5.17. The van der Waals surface area contributed by atoms with Crippen molar-refractivity contribution in [3.8, 4) is 0 Å². The van der Waals surface area contributed by atoms with Crippen molar-refractivity contribution >= 4 is 11.8 Å². The number of hydrogen-bond acceptors (Lipinski definition) is 5. The van der Waals surface area contributed by atoms with E-state index in [2.05, 4.69) is 42.6 Å². The lowest BCUT2D eigenvalue weighted by molar-refractivity contribution is -0.0425. The molecule has 34 heavy (non-hydrogen) atoms. The fraction of sp³-hybridized carbons (Fsp3) is 0.857. The third-order valence-electron chi connectivity index (χ3n) is 10.8. The van der Waals surface area contributed by atoms with Crippen LogP contribution in [-0.2, 0) is 4.84 Å². The first-order valence-electron chi connectivity index (χ1n) is 13.9. The normalized spacial score (nSPS) is 44.4. The second-order valence-electron chi connectivity index (χ2n) is 12.5. The van der Waals surface area contributed by atoms with E-state index in [0.717, 1.165) is 56.2 Å². The number of fused-ring (bicyclic) bond motifs is 5. The summed E-state index contributed by atoms with van der Waals surface area (Å²) in [5.41, 5.74) is 3.02. The Kier molecular flexibility index (Phi) is 6.84. The van der Waals surface area contributed by atoms with E-state index >= 15 is 0 Å². The number of rotatable bonds is 4. The van der Waals surface area contributed by atoms with Gasteiger partial charge in [0.1, 0.15) is 0 Å². The number of piperidine rings is 1. The minimum atomic E-state index is -0.438. The zero-order chi connectivity index (χ0) is 23.9. The Hall–Kier alpha value is -1.40. The molecule has 0 aromatic heterocycles. The van der Waals surface area contributed by atoms with Crippen molar-refractivity contribution in [3.05, 3.63) is 11.6 Å². The first-order valence-corrected chi connectivity index (χ1v) is 13.9. The molecular weight excluding hydrogens is 426 g/mol. The molecule has 3 saturated carbocycles. The van der Waals surface area contributed by atoms with Crippen LogP contribution in [0.1, 0.15) is 91.4 Å². The summed E-state index contributed by atoms with van der Waals surface area (Å²) in [5.74, 6) is 2.56. The monoisotopic (exact) mass is 471 g/mol. The molecule has 3 N–H and O–H groups in total. The van der Waals surface area contributed by atoms with E-state index in [0.29, 0.717) is 24.4 Å². The van der Waals surface area contributed by atoms with E-state index in [4.69, 9.17) is 4.84 Å². The third kappa shape index (κ3) is 4.34. The van der Waals surface area contributed by atoms with Gasteiger partial charge in [-0.2, -0.15) is 0 Å². The maximum Gasteiger partial charge on any atom is 0.433 e. The van der Waals surface area contributed by atoms with Gasteiger partial charge in [-0.25, -0.2) is 4.79 Å². The molecule has 6 nitrogen and oxygen atoms in total. The Morgan fingerprint density at radius 1 is 1.18 bits per heavy atom. The lowest BCUT2D eigenvalue weighted by Gasteiger charge is -2.58. The Morgan fingerprint density at radius 2 is 2.03 bits per heavy atom. The fourth-order valence-electron chi connectivity index (χ4n) is 8.84. The molecule has 4 fully saturated rings. The second kappa shape index (κ2) is 9.57. The molecule has 1 unspecified atom stereocenters. The van der Waals surface area contributed by atoms with Crippen LogP contribution in [0.15, 0.2) is 16.8 Å². The zero-order valence-corrected chi connectivity index (χ0v) is 21.4. The zero-order valence-electron chi connectivity index (χ0n) is 21.4. The third-order valence-corrected chi connectivity index (χ3v) is 10.8. The van der Waals surface area contributed by atoms with E-state index in [-0.39, 0.29) is 16.9 Å². The van der Waals surface area contributed by atoms with Crippen molar-refractivity contribution in [2.75, 3.05) is 13.1 Å². The van der Waals surface area contributed by atoms with Crippen LogP contribution in [0.2, 0.25) is 0 Å². The molecule has 4 aliphatic carbocycles. The number of allylic oxidation sites excluding steroid dienone is 1. The highest BCUT2D eigenvalue weighted by molar-refractivity contribution is 5.85. The minimum absolute atomic E-state index is 0.143. The fourth-order valence-corrected chi connectivity index (χ4v) is 8.84. The SMILES string of the molecule is C/C(=N\OC(=O)NCC1CCCCN1)[C@H]1CC[C@H]2[C@@H]3CC=C4C[C@@H](O)CC[C@]4(C)[C@H]3CC[C@]12C. The summed E-state index contributed by atoms with van der Waals surface area (Å²) >= 11 is 0. The Balaban J connectivity index is 1.22. The van der Waals surface area contributed by atoms with Crippen LogP contribution in [0, 0.1) is 34.5 Å². The van der Waals surface area contributed by atoms with Crippen LogP contribution >= 0.6 is 0 Å². The van der Waals surface area contributed by atoms with Crippen molar-refractivity contribution in [1.82, 2.24) is 10.6 Å². The molecule has 0 spiro atoms. The summed E-state index contributed by atoms with van der Waals surface area (Å²) < 4.78 is 0. The molecule has 1 saturated heterocycles. The largest absolute Gasteiger partial charge is 0.433 e. The number of hydrogen-bond donors (Lipinski definition) is 3. The quantitative estimate of drug-likeness (QED) is 0.229. The number of carbonyl (C=O) groups is 1. The van der Waals surface area contributed by atoms with Gasteiger partial charge >= 0.3 is 6.09 Å². The average Bonchev–Trinajstić information content (AvgIpc) is 3.19. The van der Waals surface area contributed by atoms with Gasteiger partial charge in [0.25, 0.3) is 0 Å². The standard InChI is InChI=1S/C28H45N3O3/c1-18(31-34-26(33)30-17-20-6-4-5-15-29-20)23-9-10-24-22-8-7-19-16-21(32)11-13-27(19,2)25(22)12-14-28(23,24)3/h7,20-25,29,32H,4-6,8-17H2,1-3H3,(H,30,33)/b31-18+/t20?,21-,22-,23+,24-,25-,27-,28+/m0/s1. The molecule has 5 rings (SSSR count). The average molecular weight is 472 g/mol. The molecule has 0 radical (unpaired) electrons. The number of aliphatic hydroxyl groups is 1. The van der Waals surface area contributed by atoms with Crippen LogP contribution in [0.4, 0.5) is 4.79 Å². The van der Waals surface area contributed by atoms with Crippen LogP contribution in [-0.4, -0.2) is 42.1 Å². The molecule has 190 valence electrons. The molecule has 6 heteroatoms. The number of oxime groups is 1. The summed E-state index contributed by atoms with van der Waals surface area (Å²) in [5, 5.41) is 20.9. The van der Waals surface area contributed by atoms with Crippen LogP contribution < -0.4 is 10.6 Å². The number of nitrogens with zero attached hydrogens (tertiary/aromatic N) is 1. The summed E-state index contributed by atoms with van der Waals surface area (Å²) in [6.07, 6.45) is 14.5. The van der Waals surface area contributed by atoms with Crippen LogP contribution in [0.5, 0.6) is 0 Å². The van der Waals surface area contributed by atoms with Crippen molar-refractivity contribution in [2.24, 2.45) is 39.7 Å². The maximum absolute atomic E-state index is 12.3. The Morgan fingerprint density at radius 3 is 2.82 bits per heavy atom. The van der Waals surface area contributed by atoms with Crippen molar-refractivity contribution in [3.63, 3.8) is 0 Å².